The molecule has 2 saturated heterocycles. The highest BCUT2D eigenvalue weighted by Crippen LogP contribution is 2.12. The zero-order valence-electron chi connectivity index (χ0n) is 23.4. The first-order chi connectivity index (χ1) is 16.8. The van der Waals surface area contributed by atoms with Crippen molar-refractivity contribution in [1.82, 2.24) is 21.3 Å². The van der Waals surface area contributed by atoms with Gasteiger partial charge in [0.05, 0.1) is 12.3 Å². The summed E-state index contributed by atoms with van der Waals surface area (Å²) in [6, 6.07) is 11.3. The Hall–Kier alpha value is -1.72. The molecule has 2 aliphatic heterocycles. The van der Waals surface area contributed by atoms with Crippen LogP contribution in [-0.2, 0) is 6.42 Å². The molecule has 0 amide bonds. The van der Waals surface area contributed by atoms with Crippen molar-refractivity contribution in [2.75, 3.05) is 19.6 Å². The smallest absolute Gasteiger partial charge is 0.0577 e. The summed E-state index contributed by atoms with van der Waals surface area (Å²) < 4.78 is 0. The molecular weight excluding hydrogens is 428 g/mol. The van der Waals surface area contributed by atoms with Crippen molar-refractivity contribution in [2.24, 2.45) is 11.8 Å². The van der Waals surface area contributed by atoms with Crippen LogP contribution in [0.3, 0.4) is 0 Å². The van der Waals surface area contributed by atoms with Crippen LogP contribution in [0.15, 0.2) is 66.8 Å². The van der Waals surface area contributed by atoms with Gasteiger partial charge in [0.1, 0.15) is 0 Å². The van der Waals surface area contributed by atoms with Gasteiger partial charge in [-0.25, -0.2) is 0 Å². The Morgan fingerprint density at radius 3 is 2.17 bits per heavy atom. The lowest BCUT2D eigenvalue weighted by Gasteiger charge is -2.16. The molecule has 4 N–H and O–H groups in total. The van der Waals surface area contributed by atoms with E-state index in [0.29, 0.717) is 18.4 Å². The third kappa shape index (κ3) is 16.6. The number of nitrogens with one attached hydrogen (secondary N) is 4. The number of rotatable bonds is 10. The van der Waals surface area contributed by atoms with Crippen LogP contribution in [0.4, 0.5) is 0 Å². The number of benzene rings is 1. The number of allylic oxidation sites excluding steroid dienone is 5. The topological polar surface area (TPSA) is 48.1 Å². The molecule has 2 heterocycles. The summed E-state index contributed by atoms with van der Waals surface area (Å²) in [5.74, 6) is 1.58. The van der Waals surface area contributed by atoms with E-state index in [0.717, 1.165) is 44.3 Å². The van der Waals surface area contributed by atoms with Crippen LogP contribution in [0.5, 0.6) is 0 Å². The molecule has 2 atom stereocenters. The van der Waals surface area contributed by atoms with E-state index in [1.807, 2.05) is 12.2 Å². The molecule has 35 heavy (non-hydrogen) atoms. The fraction of sp³-hybridized carbons (Fsp3) is 0.613. The first kappa shape index (κ1) is 31.3. The lowest BCUT2D eigenvalue weighted by Crippen LogP contribution is -2.35. The van der Waals surface area contributed by atoms with Crippen LogP contribution in [-0.4, -0.2) is 38.0 Å². The van der Waals surface area contributed by atoms with Gasteiger partial charge in [-0.1, -0.05) is 101 Å². The summed E-state index contributed by atoms with van der Waals surface area (Å²) in [7, 11) is 0. The van der Waals surface area contributed by atoms with E-state index in [9.17, 15) is 0 Å². The molecule has 2 aliphatic rings. The van der Waals surface area contributed by atoms with E-state index in [1.165, 1.54) is 30.4 Å². The molecule has 1 aromatic rings. The third-order valence-electron chi connectivity index (χ3n) is 6.17. The monoisotopic (exact) mass is 482 g/mol. The molecule has 4 nitrogen and oxygen atoms in total. The van der Waals surface area contributed by atoms with Crippen molar-refractivity contribution in [3.8, 4) is 0 Å². The molecular formula is C31H54N4. The Kier molecular flexibility index (Phi) is 17.4. The van der Waals surface area contributed by atoms with Crippen LogP contribution < -0.4 is 21.3 Å². The molecule has 0 aliphatic carbocycles. The van der Waals surface area contributed by atoms with Crippen molar-refractivity contribution in [3.05, 3.63) is 72.4 Å². The van der Waals surface area contributed by atoms with E-state index < -0.39 is 0 Å². The second kappa shape index (κ2) is 19.5. The maximum Gasteiger partial charge on any atom is 0.0577 e. The summed E-state index contributed by atoms with van der Waals surface area (Å²) in [6.45, 7) is 20.3. The van der Waals surface area contributed by atoms with Gasteiger partial charge in [0, 0.05) is 25.7 Å². The lowest BCUT2D eigenvalue weighted by atomic mass is 10.0. The number of hydrogen-bond acceptors (Lipinski definition) is 4. The zero-order chi connectivity index (χ0) is 25.9. The van der Waals surface area contributed by atoms with E-state index in [-0.39, 0.29) is 0 Å². The first-order valence-electron chi connectivity index (χ1n) is 13.8. The molecule has 2 fully saturated rings. The maximum absolute atomic E-state index is 3.64. The summed E-state index contributed by atoms with van der Waals surface area (Å²) in [4.78, 5) is 0. The zero-order valence-corrected chi connectivity index (χ0v) is 23.4. The van der Waals surface area contributed by atoms with Crippen LogP contribution in [0.2, 0.25) is 0 Å². The van der Waals surface area contributed by atoms with Gasteiger partial charge in [-0.2, -0.15) is 0 Å². The van der Waals surface area contributed by atoms with Crippen molar-refractivity contribution in [2.45, 2.75) is 92.0 Å². The minimum absolute atomic E-state index is 0.528. The summed E-state index contributed by atoms with van der Waals surface area (Å²) in [5, 5.41) is 14.0. The Morgan fingerprint density at radius 2 is 1.60 bits per heavy atom. The van der Waals surface area contributed by atoms with Gasteiger partial charge in [0.15, 0.2) is 0 Å². The normalized spacial score (nSPS) is 20.6. The number of hydrogen-bond donors (Lipinski definition) is 4. The van der Waals surface area contributed by atoms with Gasteiger partial charge in [-0.05, 0) is 56.4 Å². The molecule has 4 heteroatoms. The van der Waals surface area contributed by atoms with Gasteiger partial charge in [-0.3, -0.25) is 5.32 Å². The van der Waals surface area contributed by atoms with Crippen molar-refractivity contribution in [3.63, 3.8) is 0 Å². The Labute approximate surface area is 217 Å². The maximum atomic E-state index is 3.64. The van der Waals surface area contributed by atoms with Gasteiger partial charge in [0.2, 0.25) is 0 Å². The molecule has 0 radical (unpaired) electrons. The average Bonchev–Trinajstić information content (AvgIpc) is 3.51. The predicted molar refractivity (Wildman–Crippen MR) is 156 cm³/mol. The predicted octanol–water partition coefficient (Wildman–Crippen LogP) is 6.19. The van der Waals surface area contributed by atoms with Gasteiger partial charge in [0.25, 0.3) is 0 Å². The lowest BCUT2D eigenvalue weighted by molar-refractivity contribution is 0.402. The van der Waals surface area contributed by atoms with E-state index in [1.54, 1.807) is 6.08 Å². The Balaban J connectivity index is 0.000000269. The fourth-order valence-corrected chi connectivity index (χ4v) is 4.17. The van der Waals surface area contributed by atoms with Gasteiger partial charge >= 0.3 is 0 Å². The second-order valence-electron chi connectivity index (χ2n) is 10.6. The van der Waals surface area contributed by atoms with Crippen LogP contribution in [0, 0.1) is 11.8 Å². The Bertz CT molecular complexity index is 686. The largest absolute Gasteiger partial charge is 0.301 e. The third-order valence-corrected chi connectivity index (χ3v) is 6.17. The quantitative estimate of drug-likeness (QED) is 0.300. The molecule has 0 bridgehead atoms. The van der Waals surface area contributed by atoms with Crippen molar-refractivity contribution >= 4 is 0 Å². The molecule has 0 aromatic heterocycles. The van der Waals surface area contributed by atoms with Gasteiger partial charge in [-0.15, -0.1) is 0 Å². The standard InChI is InChI=1S/C11H16N2.C11H24N2.C9H14/c1-2-4-10(5-3-1)6-7-11-12-8-9-13-11;1-8(2)5-10-7-12-11(13-10)6-9(3)4;1-4-6-7-8-9(3)5-2/h1-5,11-13H,6-9H2;8-13H,5-7H2,1-4H3;4,6-8H,1,5H2,2-3H3/b;;7-6-,9-8+/t;10-,11?;/m.0./s1. The molecule has 3 rings (SSSR count). The van der Waals surface area contributed by atoms with Crippen molar-refractivity contribution < 1.29 is 0 Å². The van der Waals surface area contributed by atoms with Crippen LogP contribution >= 0.6 is 0 Å². The SMILES string of the molecule is C=C/C=C\C=C(/C)CC.CC(C)CC1NC[C@H](CC(C)C)N1.c1ccc(CCC2NCCN2)cc1. The molecule has 1 aromatic carbocycles. The summed E-state index contributed by atoms with van der Waals surface area (Å²) >= 11 is 0. The molecule has 0 spiro atoms. The van der Waals surface area contributed by atoms with Gasteiger partial charge < -0.3 is 16.0 Å². The van der Waals surface area contributed by atoms with Crippen LogP contribution in [0.25, 0.3) is 0 Å². The highest BCUT2D eigenvalue weighted by Gasteiger charge is 2.23. The first-order valence-corrected chi connectivity index (χ1v) is 13.8. The highest BCUT2D eigenvalue weighted by molar-refractivity contribution is 5.15. The van der Waals surface area contributed by atoms with Crippen LogP contribution in [0.1, 0.15) is 72.8 Å². The minimum Gasteiger partial charge on any atom is -0.301 e. The van der Waals surface area contributed by atoms with E-state index in [4.69, 9.17) is 0 Å². The minimum atomic E-state index is 0.528. The van der Waals surface area contributed by atoms with E-state index >= 15 is 0 Å². The molecule has 1 unspecified atom stereocenters. The Morgan fingerprint density at radius 1 is 0.943 bits per heavy atom. The molecule has 198 valence electrons. The number of aryl methyl sites for hydroxylation is 1. The average molecular weight is 483 g/mol. The summed E-state index contributed by atoms with van der Waals surface area (Å²) in [6.07, 6.45) is 14.9. The van der Waals surface area contributed by atoms with Crippen molar-refractivity contribution in [1.29, 1.82) is 0 Å². The van der Waals surface area contributed by atoms with E-state index in [2.05, 4.69) is 106 Å². The second-order valence-corrected chi connectivity index (χ2v) is 10.6. The molecule has 0 saturated carbocycles. The highest BCUT2D eigenvalue weighted by atomic mass is 15.2. The fourth-order valence-electron chi connectivity index (χ4n) is 4.17. The summed E-state index contributed by atoms with van der Waals surface area (Å²) in [5.41, 5.74) is 2.83.